The van der Waals surface area contributed by atoms with Gasteiger partial charge in [-0.3, -0.25) is 4.79 Å². The van der Waals surface area contributed by atoms with Gasteiger partial charge in [0, 0.05) is 17.3 Å². The van der Waals surface area contributed by atoms with Crippen LogP contribution in [0.1, 0.15) is 93.6 Å². The van der Waals surface area contributed by atoms with Gasteiger partial charge >= 0.3 is 0 Å². The topological polar surface area (TPSA) is 54.0 Å². The summed E-state index contributed by atoms with van der Waals surface area (Å²) in [7, 11) is -2.47. The van der Waals surface area contributed by atoms with E-state index in [-0.39, 0.29) is 50.9 Å². The van der Waals surface area contributed by atoms with E-state index in [1.165, 1.54) is 0 Å². The highest BCUT2D eigenvalue weighted by Gasteiger charge is 2.79. The van der Waals surface area contributed by atoms with Crippen molar-refractivity contribution in [3.05, 3.63) is 54.6 Å². The molecule has 0 N–H and O–H groups in total. The van der Waals surface area contributed by atoms with Gasteiger partial charge in [0.05, 0.1) is 32.0 Å². The molecule has 0 saturated heterocycles. The highest BCUT2D eigenvalue weighted by Crippen LogP contribution is 2.75. The van der Waals surface area contributed by atoms with Crippen LogP contribution in [-0.2, 0) is 25.0 Å². The molecule has 1 aromatic carbocycles. The van der Waals surface area contributed by atoms with E-state index in [1.54, 1.807) is 7.11 Å². The van der Waals surface area contributed by atoms with E-state index < -0.39 is 22.0 Å². The Hall–Kier alpha value is -1.52. The molecule has 3 aliphatic carbocycles. The van der Waals surface area contributed by atoms with Crippen molar-refractivity contribution in [3.8, 4) is 5.75 Å². The Labute approximate surface area is 295 Å². The molecular weight excluding hydrogens is 629 g/mol. The number of ether oxygens (including phenoxy) is 2. The number of fused-ring (bicyclic) bond motifs is 1. The average Bonchev–Trinajstić information content (AvgIpc) is 3.25. The molecule has 1 spiro atoms. The fourth-order valence-corrected chi connectivity index (χ4v) is 11.4. The van der Waals surface area contributed by atoms with Crippen LogP contribution in [-0.4, -0.2) is 47.8 Å². The Balaban J connectivity index is 1.70. The van der Waals surface area contributed by atoms with Crippen molar-refractivity contribution in [1.82, 2.24) is 0 Å². The van der Waals surface area contributed by atoms with Crippen molar-refractivity contribution in [1.29, 1.82) is 0 Å². The first kappa shape index (κ1) is 39.3. The third-order valence-electron chi connectivity index (χ3n) is 13.8. The summed E-state index contributed by atoms with van der Waals surface area (Å²) in [5.74, 6) is 1.32. The molecule has 1 aromatic rings. The number of hydrogen-bond acceptors (Lipinski definition) is 5. The molecular formula is C41H68O5Si2. The number of carbonyl (C=O) groups is 1. The van der Waals surface area contributed by atoms with Gasteiger partial charge in [-0.05, 0) is 96.9 Å². The van der Waals surface area contributed by atoms with E-state index in [2.05, 4.69) is 120 Å². The van der Waals surface area contributed by atoms with Crippen LogP contribution in [0.5, 0.6) is 5.75 Å². The van der Waals surface area contributed by atoms with Gasteiger partial charge in [-0.2, -0.15) is 0 Å². The Morgan fingerprint density at radius 3 is 2.08 bits per heavy atom. The van der Waals surface area contributed by atoms with Crippen LogP contribution in [0, 0.1) is 34.5 Å². The molecule has 0 aromatic heterocycles. The fourth-order valence-electron chi connectivity index (χ4n) is 8.70. The fraction of sp³-hybridized carbons (Fsp3) is 0.732. The van der Waals surface area contributed by atoms with Gasteiger partial charge in [-0.1, -0.05) is 92.7 Å². The number of ketones is 1. The zero-order valence-electron chi connectivity index (χ0n) is 33.0. The second kappa shape index (κ2) is 13.2. The van der Waals surface area contributed by atoms with Crippen LogP contribution < -0.4 is 4.74 Å². The smallest absolute Gasteiger partial charge is 0.192 e. The standard InChI is InChI=1S/C41H68O5Si2/c1-17-31-23-33(44-27-30-18-20-32(43-12)21-19-30)25-40(31)29(3)24-41(46-48(15,16)38(7,8)9)35(39(41,10)11)34(36(40)42)22-28(2)26-45-47(13,14)37(4,5)6/h17-21,29,31,33-35H,1-2,22-27H2,3-16H3/t29-,31-,33-,34+,35-,40-,41+/m1/s1. The van der Waals surface area contributed by atoms with E-state index >= 15 is 4.79 Å². The average molecular weight is 697 g/mol. The Kier molecular flexibility index (Phi) is 10.8. The summed E-state index contributed by atoms with van der Waals surface area (Å²) in [6.07, 6.45) is 5.07. The molecule has 7 atom stereocenters. The molecule has 3 fully saturated rings. The minimum Gasteiger partial charge on any atom is -0.497 e. The molecule has 3 saturated carbocycles. The Morgan fingerprint density at radius 1 is 0.979 bits per heavy atom. The van der Waals surface area contributed by atoms with E-state index in [1.807, 2.05) is 12.1 Å². The Morgan fingerprint density at radius 2 is 1.56 bits per heavy atom. The third-order valence-corrected chi connectivity index (χ3v) is 22.8. The van der Waals surface area contributed by atoms with Gasteiger partial charge in [0.25, 0.3) is 0 Å². The lowest BCUT2D eigenvalue weighted by Gasteiger charge is -2.44. The van der Waals surface area contributed by atoms with Crippen LogP contribution >= 0.6 is 0 Å². The van der Waals surface area contributed by atoms with Gasteiger partial charge in [0.2, 0.25) is 0 Å². The number of carbonyl (C=O) groups excluding carboxylic acids is 1. The van der Waals surface area contributed by atoms with Gasteiger partial charge in [-0.15, -0.1) is 6.58 Å². The molecule has 0 heterocycles. The second-order valence-corrected chi connectivity index (χ2v) is 28.7. The molecule has 0 amide bonds. The summed E-state index contributed by atoms with van der Waals surface area (Å²) in [5, 5.41) is 0.174. The molecule has 7 heteroatoms. The van der Waals surface area contributed by atoms with Gasteiger partial charge in [0.15, 0.2) is 16.6 Å². The number of Topliss-reactive ketones (excluding diaryl/α,β-unsaturated/α-hetero) is 1. The quantitative estimate of drug-likeness (QED) is 0.161. The molecule has 0 aliphatic heterocycles. The lowest BCUT2D eigenvalue weighted by atomic mass is 9.61. The largest absolute Gasteiger partial charge is 0.497 e. The molecule has 0 bridgehead atoms. The van der Waals surface area contributed by atoms with E-state index in [4.69, 9.17) is 18.3 Å². The van der Waals surface area contributed by atoms with Crippen LogP contribution in [0.15, 0.2) is 49.1 Å². The van der Waals surface area contributed by atoms with Gasteiger partial charge in [-0.25, -0.2) is 0 Å². The number of hydrogen-bond donors (Lipinski definition) is 0. The van der Waals surface area contributed by atoms with Crippen LogP contribution in [0.4, 0.5) is 0 Å². The minimum absolute atomic E-state index is 0.0213. The highest BCUT2D eigenvalue weighted by molar-refractivity contribution is 6.74. The highest BCUT2D eigenvalue weighted by atomic mass is 28.4. The summed E-state index contributed by atoms with van der Waals surface area (Å²) in [6.45, 7) is 40.0. The normalized spacial score (nSPS) is 32.1. The molecule has 4 rings (SSSR count). The van der Waals surface area contributed by atoms with Crippen molar-refractivity contribution in [2.24, 2.45) is 34.5 Å². The van der Waals surface area contributed by atoms with E-state index in [0.717, 1.165) is 29.7 Å². The monoisotopic (exact) mass is 696 g/mol. The van der Waals surface area contributed by atoms with Crippen molar-refractivity contribution < 1.29 is 23.1 Å². The van der Waals surface area contributed by atoms with Crippen molar-refractivity contribution in [2.75, 3.05) is 13.7 Å². The predicted molar refractivity (Wildman–Crippen MR) is 204 cm³/mol. The zero-order chi connectivity index (χ0) is 36.3. The van der Waals surface area contributed by atoms with Crippen LogP contribution in [0.2, 0.25) is 36.3 Å². The molecule has 270 valence electrons. The van der Waals surface area contributed by atoms with Crippen molar-refractivity contribution in [3.63, 3.8) is 0 Å². The van der Waals surface area contributed by atoms with Gasteiger partial charge in [0.1, 0.15) is 11.5 Å². The summed E-state index contributed by atoms with van der Waals surface area (Å²) in [5.41, 5.74) is 1.10. The maximum atomic E-state index is 15.5. The number of allylic oxidation sites excluding steroid dienone is 1. The van der Waals surface area contributed by atoms with E-state index in [0.29, 0.717) is 31.8 Å². The number of rotatable bonds is 12. The third kappa shape index (κ3) is 6.89. The molecule has 0 unspecified atom stereocenters. The first-order valence-corrected chi connectivity index (χ1v) is 24.1. The zero-order valence-corrected chi connectivity index (χ0v) is 35.0. The van der Waals surface area contributed by atoms with E-state index in [9.17, 15) is 0 Å². The lowest BCUT2D eigenvalue weighted by Crippen LogP contribution is -2.48. The second-order valence-electron chi connectivity index (χ2n) is 19.1. The van der Waals surface area contributed by atoms with Crippen molar-refractivity contribution >= 4 is 22.4 Å². The molecule has 48 heavy (non-hydrogen) atoms. The predicted octanol–water partition coefficient (Wildman–Crippen LogP) is 10.8. The Bertz CT molecular complexity index is 1350. The summed E-state index contributed by atoms with van der Waals surface area (Å²) < 4.78 is 26.2. The van der Waals surface area contributed by atoms with Crippen LogP contribution in [0.3, 0.4) is 0 Å². The maximum Gasteiger partial charge on any atom is 0.192 e. The minimum atomic E-state index is -2.17. The first-order valence-electron chi connectivity index (χ1n) is 18.3. The summed E-state index contributed by atoms with van der Waals surface area (Å²) in [6, 6.07) is 8.05. The lowest BCUT2D eigenvalue weighted by molar-refractivity contribution is -0.138. The maximum absolute atomic E-state index is 15.5. The molecule has 0 radical (unpaired) electrons. The van der Waals surface area contributed by atoms with Crippen molar-refractivity contribution in [2.45, 2.75) is 143 Å². The summed E-state index contributed by atoms with van der Waals surface area (Å²) >= 11 is 0. The summed E-state index contributed by atoms with van der Waals surface area (Å²) in [4.78, 5) is 15.5. The SMILES string of the molecule is C=C[C@@H]1C[C@@H](OCc2ccc(OC)cc2)C[C@]12C(=O)[C@@H](CC(=C)CO[Si](C)(C)C(C)(C)C)[C@@H]1C(C)(C)[C@]1(O[Si](C)(C)C(C)(C)C)C[C@H]2C. The molecule has 3 aliphatic rings. The number of benzene rings is 1. The first-order chi connectivity index (χ1) is 21.9. The molecule has 5 nitrogen and oxygen atoms in total. The number of methoxy groups -OCH3 is 1. The van der Waals surface area contributed by atoms with Gasteiger partial charge < -0.3 is 18.3 Å². The van der Waals surface area contributed by atoms with Crippen LogP contribution in [0.25, 0.3) is 0 Å².